The molecular formula is C18H29NO2. The molecule has 0 aliphatic heterocycles. The minimum atomic E-state index is 0.672. The summed E-state index contributed by atoms with van der Waals surface area (Å²) in [5.74, 6) is 2.47. The van der Waals surface area contributed by atoms with E-state index in [2.05, 4.69) is 12.2 Å². The number of rotatable bonds is 8. The maximum absolute atomic E-state index is 5.97. The van der Waals surface area contributed by atoms with Crippen LogP contribution in [-0.4, -0.2) is 25.8 Å². The highest BCUT2D eigenvalue weighted by molar-refractivity contribution is 5.39. The first-order chi connectivity index (χ1) is 10.3. The van der Waals surface area contributed by atoms with Gasteiger partial charge in [0.25, 0.3) is 0 Å². The summed E-state index contributed by atoms with van der Waals surface area (Å²) in [6, 6.07) is 8.63. The van der Waals surface area contributed by atoms with E-state index < -0.39 is 0 Å². The third kappa shape index (κ3) is 4.92. The van der Waals surface area contributed by atoms with E-state index in [1.807, 2.05) is 31.2 Å². The third-order valence-electron chi connectivity index (χ3n) is 4.27. The van der Waals surface area contributed by atoms with Crippen LogP contribution in [0.5, 0.6) is 11.5 Å². The maximum atomic E-state index is 5.97. The van der Waals surface area contributed by atoms with Crippen LogP contribution in [0.15, 0.2) is 24.3 Å². The second kappa shape index (κ2) is 8.93. The first-order valence-electron chi connectivity index (χ1n) is 8.43. The molecule has 1 aliphatic rings. The van der Waals surface area contributed by atoms with Crippen molar-refractivity contribution in [2.24, 2.45) is 5.92 Å². The van der Waals surface area contributed by atoms with Crippen molar-refractivity contribution < 1.29 is 9.47 Å². The summed E-state index contributed by atoms with van der Waals surface area (Å²) in [5, 5.41) is 3.63. The minimum Gasteiger partial charge on any atom is -0.490 e. The number of nitrogens with one attached hydrogen (secondary N) is 1. The molecule has 0 spiro atoms. The second-order valence-corrected chi connectivity index (χ2v) is 5.73. The van der Waals surface area contributed by atoms with E-state index in [-0.39, 0.29) is 0 Å². The maximum Gasteiger partial charge on any atom is 0.161 e. The molecule has 1 aliphatic carbocycles. The highest BCUT2D eigenvalue weighted by atomic mass is 16.5. The van der Waals surface area contributed by atoms with Crippen LogP contribution in [0.1, 0.15) is 46.0 Å². The Morgan fingerprint density at radius 3 is 2.48 bits per heavy atom. The SMILES string of the molecule is CCNC1CCCCC1CCOc1ccccc1OCC. The van der Waals surface area contributed by atoms with E-state index in [0.29, 0.717) is 12.6 Å². The van der Waals surface area contributed by atoms with Crippen LogP contribution in [0.3, 0.4) is 0 Å². The largest absolute Gasteiger partial charge is 0.490 e. The number of hydrogen-bond acceptors (Lipinski definition) is 3. The Balaban J connectivity index is 1.82. The van der Waals surface area contributed by atoms with Crippen molar-refractivity contribution in [3.05, 3.63) is 24.3 Å². The van der Waals surface area contributed by atoms with Crippen LogP contribution in [0, 0.1) is 5.92 Å². The van der Waals surface area contributed by atoms with Gasteiger partial charge in [-0.2, -0.15) is 0 Å². The van der Waals surface area contributed by atoms with Crippen LogP contribution >= 0.6 is 0 Å². The Labute approximate surface area is 129 Å². The molecule has 1 aromatic carbocycles. The standard InChI is InChI=1S/C18H29NO2/c1-3-19-16-10-6-5-9-15(16)13-14-21-18-12-8-7-11-17(18)20-4-2/h7-8,11-12,15-16,19H,3-6,9-10,13-14H2,1-2H3. The molecule has 0 heterocycles. The molecule has 1 N–H and O–H groups in total. The molecule has 1 aromatic rings. The highest BCUT2D eigenvalue weighted by Gasteiger charge is 2.24. The van der Waals surface area contributed by atoms with Crippen molar-refractivity contribution in [1.82, 2.24) is 5.32 Å². The number of ether oxygens (including phenoxy) is 2. The van der Waals surface area contributed by atoms with Gasteiger partial charge in [-0.05, 0) is 50.8 Å². The molecule has 0 saturated heterocycles. The van der Waals surface area contributed by atoms with E-state index in [0.717, 1.165) is 37.0 Å². The molecule has 2 unspecified atom stereocenters. The zero-order valence-electron chi connectivity index (χ0n) is 13.4. The first-order valence-corrected chi connectivity index (χ1v) is 8.43. The van der Waals surface area contributed by atoms with Crippen molar-refractivity contribution in [2.75, 3.05) is 19.8 Å². The van der Waals surface area contributed by atoms with Gasteiger partial charge in [0.2, 0.25) is 0 Å². The lowest BCUT2D eigenvalue weighted by Crippen LogP contribution is -2.39. The molecule has 21 heavy (non-hydrogen) atoms. The van der Waals surface area contributed by atoms with Crippen LogP contribution in [0.2, 0.25) is 0 Å². The predicted octanol–water partition coefficient (Wildman–Crippen LogP) is 4.02. The molecular weight excluding hydrogens is 262 g/mol. The van der Waals surface area contributed by atoms with Crippen molar-refractivity contribution >= 4 is 0 Å². The van der Waals surface area contributed by atoms with Gasteiger partial charge in [0.1, 0.15) is 0 Å². The van der Waals surface area contributed by atoms with Crippen molar-refractivity contribution in [1.29, 1.82) is 0 Å². The van der Waals surface area contributed by atoms with Crippen LogP contribution < -0.4 is 14.8 Å². The summed E-state index contributed by atoms with van der Waals surface area (Å²) in [7, 11) is 0. The average molecular weight is 291 g/mol. The fourth-order valence-corrected chi connectivity index (χ4v) is 3.25. The van der Waals surface area contributed by atoms with Gasteiger partial charge in [-0.3, -0.25) is 0 Å². The van der Waals surface area contributed by atoms with Crippen molar-refractivity contribution in [3.8, 4) is 11.5 Å². The molecule has 2 rings (SSSR count). The van der Waals surface area contributed by atoms with Gasteiger partial charge < -0.3 is 14.8 Å². The molecule has 0 radical (unpaired) electrons. The fourth-order valence-electron chi connectivity index (χ4n) is 3.25. The van der Waals surface area contributed by atoms with Gasteiger partial charge in [-0.1, -0.05) is 31.9 Å². The molecule has 0 aromatic heterocycles. The Bertz CT molecular complexity index is 406. The Morgan fingerprint density at radius 1 is 1.05 bits per heavy atom. The monoisotopic (exact) mass is 291 g/mol. The molecule has 2 atom stereocenters. The third-order valence-corrected chi connectivity index (χ3v) is 4.27. The smallest absolute Gasteiger partial charge is 0.161 e. The Morgan fingerprint density at radius 2 is 1.76 bits per heavy atom. The summed E-state index contributed by atoms with van der Waals surface area (Å²) < 4.78 is 11.6. The summed E-state index contributed by atoms with van der Waals surface area (Å²) in [6.45, 7) is 6.71. The van der Waals surface area contributed by atoms with Gasteiger partial charge >= 0.3 is 0 Å². The van der Waals surface area contributed by atoms with E-state index in [9.17, 15) is 0 Å². The van der Waals surface area contributed by atoms with E-state index in [1.165, 1.54) is 25.7 Å². The van der Waals surface area contributed by atoms with Crippen molar-refractivity contribution in [2.45, 2.75) is 52.0 Å². The second-order valence-electron chi connectivity index (χ2n) is 5.73. The molecule has 1 saturated carbocycles. The lowest BCUT2D eigenvalue weighted by atomic mass is 9.82. The van der Waals surface area contributed by atoms with Gasteiger partial charge in [-0.15, -0.1) is 0 Å². The molecule has 3 heteroatoms. The van der Waals surface area contributed by atoms with E-state index >= 15 is 0 Å². The fraction of sp³-hybridized carbons (Fsp3) is 0.667. The lowest BCUT2D eigenvalue weighted by molar-refractivity contribution is 0.200. The van der Waals surface area contributed by atoms with E-state index in [4.69, 9.17) is 9.47 Å². The first kappa shape index (κ1) is 16.2. The molecule has 3 nitrogen and oxygen atoms in total. The quantitative estimate of drug-likeness (QED) is 0.784. The van der Waals surface area contributed by atoms with Crippen LogP contribution in [0.25, 0.3) is 0 Å². The molecule has 0 bridgehead atoms. The number of hydrogen-bond donors (Lipinski definition) is 1. The topological polar surface area (TPSA) is 30.5 Å². The van der Waals surface area contributed by atoms with Gasteiger partial charge in [0, 0.05) is 6.04 Å². The Kier molecular flexibility index (Phi) is 6.87. The zero-order chi connectivity index (χ0) is 14.9. The average Bonchev–Trinajstić information content (AvgIpc) is 2.51. The van der Waals surface area contributed by atoms with Crippen LogP contribution in [-0.2, 0) is 0 Å². The number of para-hydroxylation sites is 2. The van der Waals surface area contributed by atoms with Crippen molar-refractivity contribution in [3.63, 3.8) is 0 Å². The zero-order valence-corrected chi connectivity index (χ0v) is 13.4. The normalized spacial score (nSPS) is 22.0. The summed E-state index contributed by atoms with van der Waals surface area (Å²) in [5.41, 5.74) is 0. The molecule has 1 fully saturated rings. The predicted molar refractivity (Wildman–Crippen MR) is 87.1 cm³/mol. The lowest BCUT2D eigenvalue weighted by Gasteiger charge is -2.32. The molecule has 118 valence electrons. The van der Waals surface area contributed by atoms with Gasteiger partial charge in [0.15, 0.2) is 11.5 Å². The number of benzene rings is 1. The summed E-state index contributed by atoms with van der Waals surface area (Å²) in [4.78, 5) is 0. The van der Waals surface area contributed by atoms with Crippen LogP contribution in [0.4, 0.5) is 0 Å². The summed E-state index contributed by atoms with van der Waals surface area (Å²) in [6.07, 6.45) is 6.49. The van der Waals surface area contributed by atoms with Gasteiger partial charge in [-0.25, -0.2) is 0 Å². The van der Waals surface area contributed by atoms with E-state index in [1.54, 1.807) is 0 Å². The van der Waals surface area contributed by atoms with Gasteiger partial charge in [0.05, 0.1) is 13.2 Å². The molecule has 0 amide bonds. The summed E-state index contributed by atoms with van der Waals surface area (Å²) >= 11 is 0. The minimum absolute atomic E-state index is 0.672. The Hall–Kier alpha value is -1.22. The highest BCUT2D eigenvalue weighted by Crippen LogP contribution is 2.29.